The second kappa shape index (κ2) is 6.58. The molecule has 134 valence electrons. The van der Waals surface area contributed by atoms with Crippen LogP contribution in [-0.2, 0) is 9.59 Å². The Morgan fingerprint density at radius 3 is 2.68 bits per heavy atom. The smallest absolute Gasteiger partial charge is 0.306 e. The van der Waals surface area contributed by atoms with Gasteiger partial charge in [0, 0.05) is 12.5 Å². The topological polar surface area (TPSA) is 76.1 Å². The first kappa shape index (κ1) is 16.2. The van der Waals surface area contributed by atoms with E-state index >= 15 is 0 Å². The van der Waals surface area contributed by atoms with E-state index < -0.39 is 5.97 Å². The molecular weight excluding hydrogens is 322 g/mol. The number of carboxylic acid groups (broad SMARTS) is 1. The van der Waals surface area contributed by atoms with Gasteiger partial charge in [-0.25, -0.2) is 0 Å². The van der Waals surface area contributed by atoms with Gasteiger partial charge in [0.15, 0.2) is 11.5 Å². The first-order valence-corrected chi connectivity index (χ1v) is 9.06. The van der Waals surface area contributed by atoms with E-state index in [2.05, 4.69) is 0 Å². The van der Waals surface area contributed by atoms with Gasteiger partial charge in [0.1, 0.15) is 0 Å². The zero-order valence-electron chi connectivity index (χ0n) is 14.1. The van der Waals surface area contributed by atoms with Crippen LogP contribution in [0.4, 0.5) is 0 Å². The third-order valence-electron chi connectivity index (χ3n) is 5.69. The van der Waals surface area contributed by atoms with Crippen LogP contribution in [0.2, 0.25) is 0 Å². The van der Waals surface area contributed by atoms with Crippen molar-refractivity contribution in [2.24, 2.45) is 11.8 Å². The highest BCUT2D eigenvalue weighted by Gasteiger charge is 2.38. The molecule has 0 bridgehead atoms. The minimum atomic E-state index is -0.772. The van der Waals surface area contributed by atoms with E-state index in [0.29, 0.717) is 12.8 Å². The third-order valence-corrected chi connectivity index (χ3v) is 5.69. The van der Waals surface area contributed by atoms with Crippen molar-refractivity contribution < 1.29 is 24.2 Å². The van der Waals surface area contributed by atoms with E-state index in [0.717, 1.165) is 49.3 Å². The number of ether oxygens (including phenoxy) is 2. The molecule has 1 aromatic carbocycles. The van der Waals surface area contributed by atoms with Gasteiger partial charge < -0.3 is 19.5 Å². The Balaban J connectivity index is 1.51. The average Bonchev–Trinajstić information content (AvgIpc) is 3.29. The summed E-state index contributed by atoms with van der Waals surface area (Å²) in [5, 5.41) is 9.27. The van der Waals surface area contributed by atoms with Crippen molar-refractivity contribution in [3.8, 4) is 11.5 Å². The molecule has 0 aromatic heterocycles. The first-order valence-electron chi connectivity index (χ1n) is 9.06. The summed E-state index contributed by atoms with van der Waals surface area (Å²) in [6.07, 6.45) is 4.67. The van der Waals surface area contributed by atoms with Crippen molar-refractivity contribution in [1.82, 2.24) is 4.90 Å². The van der Waals surface area contributed by atoms with Crippen LogP contribution in [0.3, 0.4) is 0 Å². The number of likely N-dealkylation sites (tertiary alicyclic amines) is 1. The molecule has 25 heavy (non-hydrogen) atoms. The Kier molecular flexibility index (Phi) is 4.27. The number of fused-ring (bicyclic) bond motifs is 1. The van der Waals surface area contributed by atoms with Gasteiger partial charge >= 0.3 is 5.97 Å². The molecule has 3 atom stereocenters. The number of carboxylic acids is 1. The van der Waals surface area contributed by atoms with Crippen molar-refractivity contribution in [2.75, 3.05) is 13.3 Å². The molecule has 6 nitrogen and oxygen atoms in total. The fraction of sp³-hybridized carbons (Fsp3) is 0.579. The second-order valence-electron chi connectivity index (χ2n) is 7.20. The lowest BCUT2D eigenvalue weighted by atomic mass is 9.80. The molecule has 6 heteroatoms. The Morgan fingerprint density at radius 1 is 1.04 bits per heavy atom. The van der Waals surface area contributed by atoms with Gasteiger partial charge in [-0.15, -0.1) is 0 Å². The number of carbonyl (C=O) groups is 2. The summed E-state index contributed by atoms with van der Waals surface area (Å²) in [4.78, 5) is 26.3. The van der Waals surface area contributed by atoms with Crippen LogP contribution in [0.15, 0.2) is 18.2 Å². The number of hydrogen-bond acceptors (Lipinski definition) is 4. The fourth-order valence-electron chi connectivity index (χ4n) is 4.37. The lowest BCUT2D eigenvalue weighted by molar-refractivity contribution is -0.145. The third kappa shape index (κ3) is 3.05. The van der Waals surface area contributed by atoms with Crippen LogP contribution in [-0.4, -0.2) is 35.2 Å². The van der Waals surface area contributed by atoms with Crippen LogP contribution in [0.25, 0.3) is 0 Å². The summed E-state index contributed by atoms with van der Waals surface area (Å²) in [6.45, 7) is 0.983. The SMILES string of the molecule is O=C(O)C1CCCC(C(=O)N2CCCC2c2ccc3c(c2)OCO3)C1. The van der Waals surface area contributed by atoms with Gasteiger partial charge in [-0.1, -0.05) is 12.5 Å². The van der Waals surface area contributed by atoms with E-state index in [1.807, 2.05) is 23.1 Å². The molecule has 0 spiro atoms. The summed E-state index contributed by atoms with van der Waals surface area (Å²) >= 11 is 0. The summed E-state index contributed by atoms with van der Waals surface area (Å²) in [7, 11) is 0. The molecular formula is C19H23NO5. The predicted octanol–water partition coefficient (Wildman–Crippen LogP) is 2.97. The highest BCUT2D eigenvalue weighted by atomic mass is 16.7. The van der Waals surface area contributed by atoms with Gasteiger partial charge in [-0.2, -0.15) is 0 Å². The number of aliphatic carboxylic acids is 1. The molecule has 4 rings (SSSR count). The molecule has 1 saturated heterocycles. The number of amides is 1. The van der Waals surface area contributed by atoms with Crippen LogP contribution in [0.1, 0.15) is 50.1 Å². The molecule has 3 aliphatic rings. The normalized spacial score (nSPS) is 28.2. The van der Waals surface area contributed by atoms with E-state index in [1.54, 1.807) is 0 Å². The molecule has 2 fully saturated rings. The largest absolute Gasteiger partial charge is 0.481 e. The predicted molar refractivity (Wildman–Crippen MR) is 89.3 cm³/mol. The first-order chi connectivity index (χ1) is 12.1. The Morgan fingerprint density at radius 2 is 1.84 bits per heavy atom. The highest BCUT2D eigenvalue weighted by molar-refractivity contribution is 5.81. The van der Waals surface area contributed by atoms with E-state index in [-0.39, 0.29) is 30.6 Å². The molecule has 1 N–H and O–H groups in total. The van der Waals surface area contributed by atoms with Crippen LogP contribution >= 0.6 is 0 Å². The van der Waals surface area contributed by atoms with Crippen LogP contribution in [0.5, 0.6) is 11.5 Å². The maximum absolute atomic E-state index is 13.1. The Bertz CT molecular complexity index is 688. The summed E-state index contributed by atoms with van der Waals surface area (Å²) in [5.41, 5.74) is 1.07. The molecule has 1 amide bonds. The number of nitrogens with zero attached hydrogens (tertiary/aromatic N) is 1. The van der Waals surface area contributed by atoms with Crippen LogP contribution < -0.4 is 9.47 Å². The summed E-state index contributed by atoms with van der Waals surface area (Å²) in [5.74, 6) is 0.285. The molecule has 1 saturated carbocycles. The van der Waals surface area contributed by atoms with Gasteiger partial charge in [0.05, 0.1) is 12.0 Å². The standard InChI is InChI=1S/C19H23NO5/c21-18(13-3-1-4-14(9-13)19(22)23)20-8-2-5-15(20)12-6-7-16-17(10-12)25-11-24-16/h6-7,10,13-15H,1-5,8-9,11H2,(H,22,23). The average molecular weight is 345 g/mol. The van der Waals surface area contributed by atoms with Crippen molar-refractivity contribution >= 4 is 11.9 Å². The quantitative estimate of drug-likeness (QED) is 0.911. The Labute approximate surface area is 146 Å². The van der Waals surface area contributed by atoms with Crippen molar-refractivity contribution in [1.29, 1.82) is 0 Å². The molecule has 2 aliphatic heterocycles. The number of hydrogen-bond donors (Lipinski definition) is 1. The lowest BCUT2D eigenvalue weighted by Crippen LogP contribution is -2.38. The lowest BCUT2D eigenvalue weighted by Gasteiger charge is -2.32. The molecule has 2 heterocycles. The van der Waals surface area contributed by atoms with E-state index in [4.69, 9.17) is 9.47 Å². The van der Waals surface area contributed by atoms with Gasteiger partial charge in [0.25, 0.3) is 0 Å². The van der Waals surface area contributed by atoms with Crippen molar-refractivity contribution in [2.45, 2.75) is 44.6 Å². The van der Waals surface area contributed by atoms with Crippen LogP contribution in [0, 0.1) is 11.8 Å². The van der Waals surface area contributed by atoms with Gasteiger partial charge in [-0.3, -0.25) is 9.59 Å². The minimum Gasteiger partial charge on any atom is -0.481 e. The molecule has 1 aliphatic carbocycles. The van der Waals surface area contributed by atoms with E-state index in [9.17, 15) is 14.7 Å². The van der Waals surface area contributed by atoms with Gasteiger partial charge in [-0.05, 0) is 49.8 Å². The summed E-state index contributed by atoms with van der Waals surface area (Å²) < 4.78 is 10.8. The summed E-state index contributed by atoms with van der Waals surface area (Å²) in [6, 6.07) is 5.93. The second-order valence-corrected chi connectivity index (χ2v) is 7.20. The zero-order chi connectivity index (χ0) is 17.4. The van der Waals surface area contributed by atoms with Gasteiger partial charge in [0.2, 0.25) is 12.7 Å². The molecule has 1 aromatic rings. The zero-order valence-corrected chi connectivity index (χ0v) is 14.1. The maximum atomic E-state index is 13.1. The molecule has 3 unspecified atom stereocenters. The number of rotatable bonds is 3. The van der Waals surface area contributed by atoms with Crippen molar-refractivity contribution in [3.05, 3.63) is 23.8 Å². The fourth-order valence-corrected chi connectivity index (χ4v) is 4.37. The number of carbonyl (C=O) groups excluding carboxylic acids is 1. The number of benzene rings is 1. The monoisotopic (exact) mass is 345 g/mol. The highest BCUT2D eigenvalue weighted by Crippen LogP contribution is 2.40. The Hall–Kier alpha value is -2.24. The molecule has 0 radical (unpaired) electrons. The maximum Gasteiger partial charge on any atom is 0.306 e. The van der Waals surface area contributed by atoms with E-state index in [1.165, 1.54) is 0 Å². The van der Waals surface area contributed by atoms with Crippen molar-refractivity contribution in [3.63, 3.8) is 0 Å². The minimum absolute atomic E-state index is 0.0483.